The highest BCUT2D eigenvalue weighted by Crippen LogP contribution is 2.24. The molecule has 1 amide bonds. The van der Waals surface area contributed by atoms with Crippen LogP contribution >= 0.6 is 23.0 Å². The number of benzene rings is 1. The van der Waals surface area contributed by atoms with Crippen LogP contribution in [0.25, 0.3) is 0 Å². The van der Waals surface area contributed by atoms with Gasteiger partial charge in [-0.1, -0.05) is 12.1 Å². The number of rotatable bonds is 2. The third-order valence-electron chi connectivity index (χ3n) is 1.28. The Morgan fingerprint density at radius 1 is 1.50 bits per heavy atom. The van der Waals surface area contributed by atoms with Crippen LogP contribution in [0.2, 0.25) is 0 Å². The first kappa shape index (κ1) is 9.31. The molecule has 0 unspecified atom stereocenters. The highest BCUT2D eigenvalue weighted by Gasteiger charge is 2.01. The number of amides is 1. The summed E-state index contributed by atoms with van der Waals surface area (Å²) in [6, 6.07) is 7.26. The van der Waals surface area contributed by atoms with Crippen molar-refractivity contribution in [3.05, 3.63) is 24.3 Å². The summed E-state index contributed by atoms with van der Waals surface area (Å²) in [5.74, 6) is 0.559. The molecule has 4 heteroatoms. The zero-order chi connectivity index (χ0) is 8.97. The summed E-state index contributed by atoms with van der Waals surface area (Å²) >= 11 is 1.77. The number of para-hydroxylation sites is 2. The molecule has 1 N–H and O–H groups in total. The summed E-state index contributed by atoms with van der Waals surface area (Å²) in [5.41, 5.74) is 0.694. The third kappa shape index (κ3) is 2.37. The average molecular weight is 277 g/mol. The zero-order valence-corrected chi connectivity index (χ0v) is 8.66. The van der Waals surface area contributed by atoms with Gasteiger partial charge in [0.2, 0.25) is 5.91 Å². The van der Waals surface area contributed by atoms with E-state index < -0.39 is 0 Å². The molecule has 0 atom stereocenters. The molecule has 0 radical (unpaired) electrons. The van der Waals surface area contributed by atoms with Crippen molar-refractivity contribution in [1.82, 2.24) is 0 Å². The lowest BCUT2D eigenvalue weighted by molar-refractivity contribution is -0.114. The summed E-state index contributed by atoms with van der Waals surface area (Å²) < 4.78 is 5.00. The Morgan fingerprint density at radius 2 is 2.17 bits per heavy atom. The SMILES string of the molecule is CC(=O)Nc1ccccc1OI. The highest BCUT2D eigenvalue weighted by molar-refractivity contribution is 14.1. The van der Waals surface area contributed by atoms with Crippen LogP contribution < -0.4 is 8.38 Å². The smallest absolute Gasteiger partial charge is 0.221 e. The molecular formula is C8H8INO2. The fraction of sp³-hybridized carbons (Fsp3) is 0.125. The Bertz CT molecular complexity index is 288. The number of hydrogen-bond acceptors (Lipinski definition) is 2. The molecule has 1 rings (SSSR count). The second-order valence-electron chi connectivity index (χ2n) is 2.25. The van der Waals surface area contributed by atoms with Crippen LogP contribution in [0, 0.1) is 0 Å². The summed E-state index contributed by atoms with van der Waals surface area (Å²) in [6.07, 6.45) is 0. The van der Waals surface area contributed by atoms with E-state index in [0.29, 0.717) is 11.4 Å². The molecule has 0 aliphatic heterocycles. The van der Waals surface area contributed by atoms with E-state index >= 15 is 0 Å². The van der Waals surface area contributed by atoms with Gasteiger partial charge in [0.1, 0.15) is 0 Å². The minimum Gasteiger partial charge on any atom is -0.425 e. The maximum absolute atomic E-state index is 10.7. The first-order valence-corrected chi connectivity index (χ1v) is 4.27. The highest BCUT2D eigenvalue weighted by atomic mass is 127. The molecule has 0 aliphatic rings. The number of hydrogen-bond donors (Lipinski definition) is 1. The van der Waals surface area contributed by atoms with Gasteiger partial charge in [0.25, 0.3) is 0 Å². The largest absolute Gasteiger partial charge is 0.425 e. The van der Waals surface area contributed by atoms with Crippen LogP contribution in [0.1, 0.15) is 6.92 Å². The van der Waals surface area contributed by atoms with E-state index in [1.54, 1.807) is 35.1 Å². The van der Waals surface area contributed by atoms with Gasteiger partial charge in [-0.15, -0.1) is 0 Å². The van der Waals surface area contributed by atoms with Crippen LogP contribution in [-0.4, -0.2) is 5.91 Å². The van der Waals surface area contributed by atoms with E-state index in [9.17, 15) is 4.79 Å². The van der Waals surface area contributed by atoms with Crippen molar-refractivity contribution in [2.24, 2.45) is 0 Å². The molecule has 0 spiro atoms. The van der Waals surface area contributed by atoms with E-state index in [1.807, 2.05) is 12.1 Å². The van der Waals surface area contributed by atoms with Gasteiger partial charge in [0, 0.05) is 6.92 Å². The molecule has 1 aromatic carbocycles. The van der Waals surface area contributed by atoms with E-state index in [1.165, 1.54) is 6.92 Å². The predicted molar refractivity (Wildman–Crippen MR) is 55.4 cm³/mol. The summed E-state index contributed by atoms with van der Waals surface area (Å²) in [5, 5.41) is 2.66. The Morgan fingerprint density at radius 3 is 2.75 bits per heavy atom. The third-order valence-corrected chi connectivity index (χ3v) is 1.76. The molecule has 1 aromatic rings. The molecule has 64 valence electrons. The predicted octanol–water partition coefficient (Wildman–Crippen LogP) is 2.37. The number of halogens is 1. The normalized spacial score (nSPS) is 9.17. The molecule has 0 bridgehead atoms. The quantitative estimate of drug-likeness (QED) is 0.843. The van der Waals surface area contributed by atoms with E-state index in [2.05, 4.69) is 5.32 Å². The molecule has 12 heavy (non-hydrogen) atoms. The summed E-state index contributed by atoms with van der Waals surface area (Å²) in [7, 11) is 0. The van der Waals surface area contributed by atoms with Crippen LogP contribution in [0.15, 0.2) is 24.3 Å². The summed E-state index contributed by atoms with van der Waals surface area (Å²) in [4.78, 5) is 10.7. The van der Waals surface area contributed by atoms with E-state index in [4.69, 9.17) is 3.07 Å². The maximum atomic E-state index is 10.7. The summed E-state index contributed by atoms with van der Waals surface area (Å²) in [6.45, 7) is 1.46. The van der Waals surface area contributed by atoms with Crippen LogP contribution in [0.3, 0.4) is 0 Å². The molecule has 0 fully saturated rings. The van der Waals surface area contributed by atoms with Crippen molar-refractivity contribution >= 4 is 34.6 Å². The van der Waals surface area contributed by atoms with Crippen molar-refractivity contribution < 1.29 is 7.86 Å². The monoisotopic (exact) mass is 277 g/mol. The van der Waals surface area contributed by atoms with Gasteiger partial charge >= 0.3 is 0 Å². The minimum absolute atomic E-state index is 0.101. The van der Waals surface area contributed by atoms with Gasteiger partial charge in [-0.25, -0.2) is 0 Å². The number of anilines is 1. The minimum atomic E-state index is -0.101. The zero-order valence-electron chi connectivity index (χ0n) is 6.50. The second kappa shape index (κ2) is 4.30. The van der Waals surface area contributed by atoms with Gasteiger partial charge in [-0.05, 0) is 12.1 Å². The Balaban J connectivity index is 2.89. The topological polar surface area (TPSA) is 38.3 Å². The maximum Gasteiger partial charge on any atom is 0.221 e. The van der Waals surface area contributed by atoms with Crippen molar-refractivity contribution in [2.75, 3.05) is 5.32 Å². The molecular weight excluding hydrogens is 269 g/mol. The number of carbonyl (C=O) groups is 1. The van der Waals surface area contributed by atoms with Gasteiger partial charge in [-0.2, -0.15) is 0 Å². The average Bonchev–Trinajstić information content (AvgIpc) is 2.04. The van der Waals surface area contributed by atoms with Crippen molar-refractivity contribution in [1.29, 1.82) is 0 Å². The van der Waals surface area contributed by atoms with Gasteiger partial charge < -0.3 is 8.38 Å². The van der Waals surface area contributed by atoms with Crippen LogP contribution in [-0.2, 0) is 4.79 Å². The fourth-order valence-corrected chi connectivity index (χ4v) is 1.21. The van der Waals surface area contributed by atoms with Crippen LogP contribution in [0.5, 0.6) is 5.75 Å². The van der Waals surface area contributed by atoms with Gasteiger partial charge in [-0.3, -0.25) is 4.79 Å². The molecule has 0 heterocycles. The van der Waals surface area contributed by atoms with Gasteiger partial charge in [0.05, 0.1) is 5.69 Å². The lowest BCUT2D eigenvalue weighted by Crippen LogP contribution is -2.06. The lowest BCUT2D eigenvalue weighted by Gasteiger charge is -2.05. The van der Waals surface area contributed by atoms with E-state index in [-0.39, 0.29) is 5.91 Å². The molecule has 3 nitrogen and oxygen atoms in total. The standard InChI is InChI=1S/C8H8INO2/c1-6(11)10-7-4-2-3-5-8(7)12-9/h2-5H,1H3,(H,10,11). The first-order valence-electron chi connectivity index (χ1n) is 3.39. The van der Waals surface area contributed by atoms with Crippen molar-refractivity contribution in [3.8, 4) is 5.75 Å². The van der Waals surface area contributed by atoms with E-state index in [0.717, 1.165) is 0 Å². The van der Waals surface area contributed by atoms with Crippen molar-refractivity contribution in [3.63, 3.8) is 0 Å². The van der Waals surface area contributed by atoms with Crippen molar-refractivity contribution in [2.45, 2.75) is 6.92 Å². The fourth-order valence-electron chi connectivity index (χ4n) is 0.827. The second-order valence-corrected chi connectivity index (χ2v) is 2.69. The Kier molecular flexibility index (Phi) is 3.33. The lowest BCUT2D eigenvalue weighted by atomic mass is 10.3. The molecule has 0 saturated heterocycles. The Hall–Kier alpha value is -0.780. The number of carbonyl (C=O) groups excluding carboxylic acids is 1. The Labute approximate surface area is 84.8 Å². The first-order chi connectivity index (χ1) is 5.74. The molecule has 0 saturated carbocycles. The molecule has 0 aromatic heterocycles. The molecule has 0 aliphatic carbocycles. The number of nitrogens with one attached hydrogen (secondary N) is 1. The van der Waals surface area contributed by atoms with Crippen LogP contribution in [0.4, 0.5) is 5.69 Å². The van der Waals surface area contributed by atoms with Gasteiger partial charge in [0.15, 0.2) is 28.8 Å².